The third kappa shape index (κ3) is 6.85. The van der Waals surface area contributed by atoms with E-state index in [9.17, 15) is 19.5 Å². The molecule has 3 N–H and O–H groups in total. The molecule has 0 aromatic heterocycles. The van der Waals surface area contributed by atoms with Crippen molar-refractivity contribution >= 4 is 17.5 Å². The van der Waals surface area contributed by atoms with Crippen LogP contribution in [0, 0.1) is 0 Å². The molecule has 0 spiro atoms. The number of primary amides is 1. The van der Waals surface area contributed by atoms with Crippen molar-refractivity contribution in [3.05, 3.63) is 46.5 Å². The molecular formula is C30H39NO7. The Morgan fingerprint density at radius 1 is 1.03 bits per heavy atom. The second kappa shape index (κ2) is 12.8. The molecule has 0 saturated carbocycles. The molecule has 2 aromatic rings. The molecule has 8 nitrogen and oxygen atoms in total. The fraction of sp³-hybridized carbons (Fsp3) is 0.500. The van der Waals surface area contributed by atoms with Gasteiger partial charge in [0.2, 0.25) is 5.91 Å². The van der Waals surface area contributed by atoms with Gasteiger partial charge in [0.25, 0.3) is 0 Å². The number of phenols is 1. The van der Waals surface area contributed by atoms with Crippen LogP contribution in [0.3, 0.4) is 0 Å². The molecule has 1 heterocycles. The number of ketones is 2. The number of hydrogen-bond acceptors (Lipinski definition) is 7. The van der Waals surface area contributed by atoms with E-state index in [4.69, 9.17) is 19.9 Å². The summed E-state index contributed by atoms with van der Waals surface area (Å²) in [6.07, 6.45) is 4.21. The molecule has 0 radical (unpaired) electrons. The van der Waals surface area contributed by atoms with Crippen LogP contribution in [-0.4, -0.2) is 41.4 Å². The Balaban J connectivity index is 1.69. The zero-order chi connectivity index (χ0) is 27.9. The largest absolute Gasteiger partial charge is 0.507 e. The van der Waals surface area contributed by atoms with Gasteiger partial charge < -0.3 is 25.1 Å². The van der Waals surface area contributed by atoms with E-state index in [1.54, 1.807) is 18.2 Å². The molecule has 1 aliphatic heterocycles. The Kier molecular flexibility index (Phi) is 9.78. The molecule has 8 heteroatoms. The minimum absolute atomic E-state index is 0.0104. The van der Waals surface area contributed by atoms with Crippen molar-refractivity contribution in [2.24, 2.45) is 5.73 Å². The molecule has 3 rings (SSSR count). The van der Waals surface area contributed by atoms with Crippen LogP contribution >= 0.6 is 0 Å². The zero-order valence-corrected chi connectivity index (χ0v) is 22.9. The molecule has 0 fully saturated rings. The first kappa shape index (κ1) is 29.0. The maximum Gasteiger partial charge on any atom is 0.217 e. The van der Waals surface area contributed by atoms with Gasteiger partial charge in [0, 0.05) is 24.0 Å². The average molecular weight is 526 g/mol. The Bertz CT molecular complexity index is 1190. The third-order valence-corrected chi connectivity index (χ3v) is 6.72. The number of carbonyl (C=O) groups is 3. The highest BCUT2D eigenvalue weighted by Crippen LogP contribution is 2.42. The summed E-state index contributed by atoms with van der Waals surface area (Å²) in [5, 5.41) is 10.5. The molecule has 2 aromatic carbocycles. The highest BCUT2D eigenvalue weighted by Gasteiger charge is 2.38. The summed E-state index contributed by atoms with van der Waals surface area (Å²) in [5.41, 5.74) is 6.86. The number of ether oxygens (including phenoxy) is 3. The van der Waals surface area contributed by atoms with E-state index < -0.39 is 11.5 Å². The van der Waals surface area contributed by atoms with Crippen LogP contribution in [0.4, 0.5) is 0 Å². The smallest absolute Gasteiger partial charge is 0.217 e. The van der Waals surface area contributed by atoms with Crippen molar-refractivity contribution in [3.8, 4) is 23.0 Å². The zero-order valence-electron chi connectivity index (χ0n) is 22.9. The first-order valence-electron chi connectivity index (χ1n) is 13.4. The topological polar surface area (TPSA) is 125 Å². The Labute approximate surface area is 224 Å². The lowest BCUT2D eigenvalue weighted by Gasteiger charge is -2.36. The summed E-state index contributed by atoms with van der Waals surface area (Å²) in [5.74, 6) is 1.12. The number of nitrogens with two attached hydrogens (primary N) is 1. The molecule has 0 aliphatic carbocycles. The number of Topliss-reactive ketones (excluding diaryl/α,β-unsaturated/α-hetero) is 2. The summed E-state index contributed by atoms with van der Waals surface area (Å²) < 4.78 is 18.4. The highest BCUT2D eigenvalue weighted by atomic mass is 16.5. The fourth-order valence-electron chi connectivity index (χ4n) is 4.76. The summed E-state index contributed by atoms with van der Waals surface area (Å²) in [6, 6.07) is 6.88. The van der Waals surface area contributed by atoms with E-state index >= 15 is 0 Å². The standard InChI is InChI=1S/C30H39NO7/c1-5-8-22-25(12-10-20(19(3)32)28(22)35)36-16-7-17-37-26-13-11-21-24(33)18-30(4,15-14-27(31)34)38-29(21)23(26)9-6-2/h10-13,35H,5-9,14-18H2,1-4H3,(H2,31,34). The minimum Gasteiger partial charge on any atom is -0.507 e. The number of amides is 1. The summed E-state index contributed by atoms with van der Waals surface area (Å²) >= 11 is 0. The second-order valence-electron chi connectivity index (χ2n) is 10.1. The lowest BCUT2D eigenvalue weighted by molar-refractivity contribution is -0.119. The number of carbonyl (C=O) groups excluding carboxylic acids is 3. The van der Waals surface area contributed by atoms with Crippen molar-refractivity contribution in [1.82, 2.24) is 0 Å². The number of rotatable bonds is 14. The molecule has 1 unspecified atom stereocenters. The average Bonchev–Trinajstić information content (AvgIpc) is 2.85. The Hall–Kier alpha value is -3.55. The van der Waals surface area contributed by atoms with E-state index in [0.717, 1.165) is 18.4 Å². The van der Waals surface area contributed by atoms with Gasteiger partial charge in [0.15, 0.2) is 11.6 Å². The van der Waals surface area contributed by atoms with Gasteiger partial charge in [-0.3, -0.25) is 14.4 Å². The first-order chi connectivity index (χ1) is 18.1. The number of fused-ring (bicyclic) bond motifs is 1. The molecule has 1 atom stereocenters. The molecular weight excluding hydrogens is 486 g/mol. The molecule has 0 saturated heterocycles. The molecule has 0 bridgehead atoms. The van der Waals surface area contributed by atoms with E-state index in [2.05, 4.69) is 6.92 Å². The van der Waals surface area contributed by atoms with Crippen molar-refractivity contribution in [2.75, 3.05) is 13.2 Å². The van der Waals surface area contributed by atoms with Gasteiger partial charge >= 0.3 is 0 Å². The maximum atomic E-state index is 12.9. The summed E-state index contributed by atoms with van der Waals surface area (Å²) in [7, 11) is 0. The quantitative estimate of drug-likeness (QED) is 0.252. The van der Waals surface area contributed by atoms with Gasteiger partial charge in [-0.2, -0.15) is 0 Å². The van der Waals surface area contributed by atoms with E-state index in [-0.39, 0.29) is 30.2 Å². The van der Waals surface area contributed by atoms with E-state index in [1.165, 1.54) is 6.92 Å². The van der Waals surface area contributed by atoms with Gasteiger partial charge in [-0.05, 0) is 57.4 Å². The normalized spacial score (nSPS) is 16.5. The second-order valence-corrected chi connectivity index (χ2v) is 10.1. The SMILES string of the molecule is CCCc1c(OCCCOc2ccc3c(c2CCC)OC(C)(CCC(N)=O)CC3=O)ccc(C(C)=O)c1O. The monoisotopic (exact) mass is 525 g/mol. The highest BCUT2D eigenvalue weighted by molar-refractivity contribution is 6.01. The van der Waals surface area contributed by atoms with Crippen molar-refractivity contribution in [3.63, 3.8) is 0 Å². The van der Waals surface area contributed by atoms with E-state index in [1.807, 2.05) is 19.9 Å². The van der Waals surface area contributed by atoms with Gasteiger partial charge in [0.1, 0.15) is 28.6 Å². The third-order valence-electron chi connectivity index (χ3n) is 6.72. The fourth-order valence-corrected chi connectivity index (χ4v) is 4.76. The van der Waals surface area contributed by atoms with Crippen molar-refractivity contribution in [2.45, 2.75) is 84.7 Å². The lowest BCUT2D eigenvalue weighted by Crippen LogP contribution is -2.40. The van der Waals surface area contributed by atoms with E-state index in [0.29, 0.717) is 72.8 Å². The van der Waals surface area contributed by atoms with Gasteiger partial charge in [-0.25, -0.2) is 0 Å². The van der Waals surface area contributed by atoms with Crippen LogP contribution in [0.1, 0.15) is 98.1 Å². The van der Waals surface area contributed by atoms with Gasteiger partial charge in [-0.15, -0.1) is 0 Å². The van der Waals surface area contributed by atoms with Gasteiger partial charge in [0.05, 0.1) is 30.8 Å². The maximum absolute atomic E-state index is 12.9. The first-order valence-corrected chi connectivity index (χ1v) is 13.4. The molecule has 1 aliphatic rings. The van der Waals surface area contributed by atoms with Crippen molar-refractivity contribution < 1.29 is 33.7 Å². The van der Waals surface area contributed by atoms with Crippen LogP contribution in [0.15, 0.2) is 24.3 Å². The van der Waals surface area contributed by atoms with Crippen molar-refractivity contribution in [1.29, 1.82) is 0 Å². The molecule has 206 valence electrons. The van der Waals surface area contributed by atoms with Crippen LogP contribution in [0.2, 0.25) is 0 Å². The number of aromatic hydroxyl groups is 1. The van der Waals surface area contributed by atoms with Crippen LogP contribution in [0.5, 0.6) is 23.0 Å². The predicted molar refractivity (Wildman–Crippen MR) is 145 cm³/mol. The van der Waals surface area contributed by atoms with Gasteiger partial charge in [-0.1, -0.05) is 26.7 Å². The predicted octanol–water partition coefficient (Wildman–Crippen LogP) is 5.34. The summed E-state index contributed by atoms with van der Waals surface area (Å²) in [6.45, 7) is 8.06. The number of hydrogen-bond donors (Lipinski definition) is 2. The van der Waals surface area contributed by atoms with Crippen LogP contribution < -0.4 is 19.9 Å². The Morgan fingerprint density at radius 2 is 1.63 bits per heavy atom. The molecule has 1 amide bonds. The minimum atomic E-state index is -0.798. The van der Waals surface area contributed by atoms with Crippen LogP contribution in [-0.2, 0) is 17.6 Å². The Morgan fingerprint density at radius 3 is 2.24 bits per heavy atom. The molecule has 38 heavy (non-hydrogen) atoms. The van der Waals surface area contributed by atoms with Crippen LogP contribution in [0.25, 0.3) is 0 Å². The lowest BCUT2D eigenvalue weighted by atomic mass is 9.86. The summed E-state index contributed by atoms with van der Waals surface area (Å²) in [4.78, 5) is 36.0. The number of benzene rings is 2. The number of phenolic OH excluding ortho intramolecular Hbond substituents is 1.